The number of carbonyl (C=O) groups is 1. The normalized spacial score (nSPS) is 13.1. The average molecular weight is 403 g/mol. The molecule has 1 N–H and O–H groups in total. The molecule has 152 valence electrons. The van der Waals surface area contributed by atoms with Crippen LogP contribution in [0.3, 0.4) is 0 Å². The van der Waals surface area contributed by atoms with Gasteiger partial charge in [0.15, 0.2) is 0 Å². The van der Waals surface area contributed by atoms with Crippen molar-refractivity contribution in [1.82, 2.24) is 5.32 Å². The Morgan fingerprint density at radius 2 is 1.57 bits per heavy atom. The molecule has 0 aliphatic heterocycles. The number of benzene rings is 2. The van der Waals surface area contributed by atoms with E-state index >= 15 is 0 Å². The molecule has 0 aliphatic rings. The van der Waals surface area contributed by atoms with Crippen molar-refractivity contribution < 1.29 is 13.2 Å². The van der Waals surface area contributed by atoms with E-state index in [1.807, 2.05) is 50.2 Å². The fourth-order valence-electron chi connectivity index (χ4n) is 2.88. The Balaban J connectivity index is 2.16. The molecule has 0 saturated heterocycles. The van der Waals surface area contributed by atoms with Gasteiger partial charge in [0.25, 0.3) is 0 Å². The van der Waals surface area contributed by atoms with Crippen LogP contribution in [0.1, 0.15) is 50.4 Å². The van der Waals surface area contributed by atoms with Crippen LogP contribution in [0.15, 0.2) is 48.5 Å². The molecule has 6 heteroatoms. The van der Waals surface area contributed by atoms with Gasteiger partial charge >= 0.3 is 0 Å². The van der Waals surface area contributed by atoms with Crippen LogP contribution in [0.25, 0.3) is 0 Å². The standard InChI is InChI=1S/C22H30N2O3S/c1-16-7-9-18(10-8-16)17(2)23-21(25)15-24(28(6,26)27)20-13-11-19(12-14-20)22(3,4)5/h7-14,17H,15H2,1-6H3,(H,23,25). The van der Waals surface area contributed by atoms with Gasteiger partial charge in [-0.3, -0.25) is 9.10 Å². The minimum atomic E-state index is -3.59. The number of aryl methyl sites for hydroxylation is 1. The highest BCUT2D eigenvalue weighted by Gasteiger charge is 2.23. The van der Waals surface area contributed by atoms with Crippen molar-refractivity contribution in [3.05, 3.63) is 65.2 Å². The summed E-state index contributed by atoms with van der Waals surface area (Å²) in [5, 5.41) is 2.88. The van der Waals surface area contributed by atoms with Crippen LogP contribution < -0.4 is 9.62 Å². The molecule has 5 nitrogen and oxygen atoms in total. The van der Waals surface area contributed by atoms with E-state index in [2.05, 4.69) is 26.1 Å². The number of amides is 1. The summed E-state index contributed by atoms with van der Waals surface area (Å²) in [6.45, 7) is 9.90. The fraction of sp³-hybridized carbons (Fsp3) is 0.409. The van der Waals surface area contributed by atoms with Gasteiger partial charge in [0, 0.05) is 0 Å². The lowest BCUT2D eigenvalue weighted by Crippen LogP contribution is -2.41. The van der Waals surface area contributed by atoms with Crippen molar-refractivity contribution in [3.63, 3.8) is 0 Å². The van der Waals surface area contributed by atoms with Gasteiger partial charge in [0.1, 0.15) is 6.54 Å². The summed E-state index contributed by atoms with van der Waals surface area (Å²) in [5.41, 5.74) is 3.66. The largest absolute Gasteiger partial charge is 0.348 e. The van der Waals surface area contributed by atoms with E-state index in [4.69, 9.17) is 0 Å². The second-order valence-electron chi connectivity index (χ2n) is 8.27. The predicted octanol–water partition coefficient (Wildman–Crippen LogP) is 3.94. The molecule has 1 amide bonds. The Bertz CT molecular complexity index is 912. The first kappa shape index (κ1) is 22.0. The Morgan fingerprint density at radius 1 is 1.04 bits per heavy atom. The van der Waals surface area contributed by atoms with E-state index in [9.17, 15) is 13.2 Å². The van der Waals surface area contributed by atoms with Gasteiger partial charge in [-0.1, -0.05) is 62.7 Å². The lowest BCUT2D eigenvalue weighted by molar-refractivity contribution is -0.120. The topological polar surface area (TPSA) is 66.5 Å². The quantitative estimate of drug-likeness (QED) is 0.796. The smallest absolute Gasteiger partial charge is 0.241 e. The van der Waals surface area contributed by atoms with Crippen molar-refractivity contribution in [3.8, 4) is 0 Å². The molecule has 1 atom stereocenters. The van der Waals surface area contributed by atoms with Crippen LogP contribution in [-0.4, -0.2) is 27.1 Å². The zero-order valence-electron chi connectivity index (χ0n) is 17.5. The Labute approximate surface area is 168 Å². The van der Waals surface area contributed by atoms with E-state index in [1.165, 1.54) is 0 Å². The number of anilines is 1. The van der Waals surface area contributed by atoms with Crippen molar-refractivity contribution in [2.24, 2.45) is 0 Å². The molecule has 0 fully saturated rings. The number of nitrogens with one attached hydrogen (secondary N) is 1. The summed E-state index contributed by atoms with van der Waals surface area (Å²) in [6, 6.07) is 15.0. The molecule has 0 aliphatic carbocycles. The second kappa shape index (κ2) is 8.35. The highest BCUT2D eigenvalue weighted by atomic mass is 32.2. The predicted molar refractivity (Wildman–Crippen MR) is 115 cm³/mol. The average Bonchev–Trinajstić information content (AvgIpc) is 2.58. The van der Waals surface area contributed by atoms with Gasteiger partial charge in [0.05, 0.1) is 18.0 Å². The molecule has 0 saturated carbocycles. The summed E-state index contributed by atoms with van der Waals surface area (Å²) >= 11 is 0. The third-order valence-corrected chi connectivity index (χ3v) is 5.80. The van der Waals surface area contributed by atoms with E-state index in [1.54, 1.807) is 12.1 Å². The Hall–Kier alpha value is -2.34. The molecule has 0 heterocycles. The zero-order valence-corrected chi connectivity index (χ0v) is 18.3. The SMILES string of the molecule is Cc1ccc(C(C)NC(=O)CN(c2ccc(C(C)(C)C)cc2)S(C)(=O)=O)cc1. The maximum Gasteiger partial charge on any atom is 0.241 e. The fourth-order valence-corrected chi connectivity index (χ4v) is 3.74. The molecule has 0 aromatic heterocycles. The summed E-state index contributed by atoms with van der Waals surface area (Å²) in [7, 11) is -3.59. The third kappa shape index (κ3) is 5.83. The van der Waals surface area contributed by atoms with Gasteiger partial charge in [-0.25, -0.2) is 8.42 Å². The van der Waals surface area contributed by atoms with Gasteiger partial charge in [-0.15, -0.1) is 0 Å². The molecule has 0 spiro atoms. The van der Waals surface area contributed by atoms with Crippen molar-refractivity contribution in [2.75, 3.05) is 17.1 Å². The number of sulfonamides is 1. The molecule has 0 radical (unpaired) electrons. The maximum atomic E-state index is 12.5. The van der Waals surface area contributed by atoms with E-state index in [-0.39, 0.29) is 23.9 Å². The van der Waals surface area contributed by atoms with Gasteiger partial charge in [0.2, 0.25) is 15.9 Å². The summed E-state index contributed by atoms with van der Waals surface area (Å²) in [5.74, 6) is -0.349. The molecule has 2 rings (SSSR count). The minimum absolute atomic E-state index is 0.0324. The number of nitrogens with zero attached hydrogens (tertiary/aromatic N) is 1. The van der Waals surface area contributed by atoms with Crippen LogP contribution in [0.2, 0.25) is 0 Å². The summed E-state index contributed by atoms with van der Waals surface area (Å²) < 4.78 is 25.7. The molecule has 28 heavy (non-hydrogen) atoms. The number of rotatable bonds is 6. The Kier molecular flexibility index (Phi) is 6.55. The third-order valence-electron chi connectivity index (χ3n) is 4.66. The second-order valence-corrected chi connectivity index (χ2v) is 10.2. The van der Waals surface area contributed by atoms with Gasteiger partial charge in [-0.05, 0) is 42.5 Å². The molecule has 2 aromatic rings. The van der Waals surface area contributed by atoms with Crippen molar-refractivity contribution in [1.29, 1.82) is 0 Å². The first-order chi connectivity index (χ1) is 12.9. The van der Waals surface area contributed by atoms with E-state index < -0.39 is 10.0 Å². The van der Waals surface area contributed by atoms with E-state index in [0.29, 0.717) is 5.69 Å². The molecule has 2 aromatic carbocycles. The summed E-state index contributed by atoms with van der Waals surface area (Å²) in [6.07, 6.45) is 1.11. The van der Waals surface area contributed by atoms with E-state index in [0.717, 1.165) is 27.3 Å². The summed E-state index contributed by atoms with van der Waals surface area (Å²) in [4.78, 5) is 12.5. The number of hydrogen-bond acceptors (Lipinski definition) is 3. The highest BCUT2D eigenvalue weighted by molar-refractivity contribution is 7.92. The Morgan fingerprint density at radius 3 is 2.04 bits per heavy atom. The lowest BCUT2D eigenvalue weighted by atomic mass is 9.87. The highest BCUT2D eigenvalue weighted by Crippen LogP contribution is 2.26. The van der Waals surface area contributed by atoms with Crippen LogP contribution in [0.5, 0.6) is 0 Å². The van der Waals surface area contributed by atoms with Crippen molar-refractivity contribution >= 4 is 21.6 Å². The monoisotopic (exact) mass is 402 g/mol. The number of carbonyl (C=O) groups excluding carboxylic acids is 1. The lowest BCUT2D eigenvalue weighted by Gasteiger charge is -2.25. The van der Waals surface area contributed by atoms with Crippen LogP contribution in [0, 0.1) is 6.92 Å². The number of hydrogen-bond donors (Lipinski definition) is 1. The first-order valence-electron chi connectivity index (χ1n) is 9.32. The molecule has 1 unspecified atom stereocenters. The van der Waals surface area contributed by atoms with Crippen LogP contribution in [-0.2, 0) is 20.2 Å². The molecule has 0 bridgehead atoms. The maximum absolute atomic E-state index is 12.5. The van der Waals surface area contributed by atoms with Gasteiger partial charge in [-0.2, -0.15) is 0 Å². The van der Waals surface area contributed by atoms with Gasteiger partial charge < -0.3 is 5.32 Å². The van der Waals surface area contributed by atoms with Crippen molar-refractivity contribution in [2.45, 2.75) is 46.1 Å². The molecular formula is C22H30N2O3S. The van der Waals surface area contributed by atoms with Crippen LogP contribution >= 0.6 is 0 Å². The molecular weight excluding hydrogens is 372 g/mol. The first-order valence-corrected chi connectivity index (χ1v) is 11.2. The minimum Gasteiger partial charge on any atom is -0.348 e. The zero-order chi connectivity index (χ0) is 21.1. The van der Waals surface area contributed by atoms with Crippen LogP contribution in [0.4, 0.5) is 5.69 Å².